The largest absolute Gasteiger partial charge is 0.463 e. The number of esters is 1. The Labute approximate surface area is 431 Å². The van der Waals surface area contributed by atoms with Crippen LogP contribution in [0.4, 0.5) is 20.4 Å². The number of pyridine rings is 3. The molecule has 2 aliphatic rings. The van der Waals surface area contributed by atoms with Gasteiger partial charge in [-0.25, -0.2) is 18.7 Å². The number of ether oxygens (including phenoxy) is 6. The number of hydrogen-bond donors (Lipinski definition) is 2. The second-order valence-corrected chi connectivity index (χ2v) is 19.2. The van der Waals surface area contributed by atoms with E-state index in [0.717, 1.165) is 27.8 Å². The zero-order valence-corrected chi connectivity index (χ0v) is 41.6. The summed E-state index contributed by atoms with van der Waals surface area (Å²) in [7, 11) is 0. The highest BCUT2D eigenvalue weighted by Gasteiger charge is 2.50. The van der Waals surface area contributed by atoms with Gasteiger partial charge in [0, 0.05) is 23.5 Å². The first-order chi connectivity index (χ1) is 36.1. The minimum Gasteiger partial charge on any atom is -0.463 e. The number of nitrogens with zero attached hydrogens (tertiary/aromatic N) is 3. The molecule has 9 rings (SSSR count). The molecule has 14 heteroatoms. The maximum Gasteiger partial charge on any atom is 0.309 e. The number of hydrogen-bond acceptors (Lipinski definition) is 12. The molecule has 6 atom stereocenters. The van der Waals surface area contributed by atoms with Crippen LogP contribution >= 0.6 is 0 Å². The third-order valence-electron chi connectivity index (χ3n) is 13.8. The number of halogens is 2. The fourth-order valence-corrected chi connectivity index (χ4v) is 9.66. The molecule has 1 saturated carbocycles. The summed E-state index contributed by atoms with van der Waals surface area (Å²) in [5, 5.41) is 15.1. The van der Waals surface area contributed by atoms with Crippen LogP contribution in [0.15, 0.2) is 170 Å². The number of aryl methyl sites for hydroxylation is 1. The van der Waals surface area contributed by atoms with E-state index in [-0.39, 0.29) is 56.3 Å². The minimum atomic E-state index is -2.62. The molecule has 1 saturated heterocycles. The molecule has 7 aromatic rings. The van der Waals surface area contributed by atoms with E-state index < -0.39 is 48.7 Å². The van der Waals surface area contributed by atoms with E-state index in [1.54, 1.807) is 25.3 Å². The predicted octanol–water partition coefficient (Wildman–Crippen LogP) is 11.8. The van der Waals surface area contributed by atoms with Gasteiger partial charge in [-0.3, -0.25) is 9.78 Å². The second kappa shape index (κ2) is 25.0. The number of aliphatic hydroxyl groups is 1. The summed E-state index contributed by atoms with van der Waals surface area (Å²) in [6.07, 6.45) is -1.40. The number of nitrogens with one attached hydrogen (secondary N) is 1. The van der Waals surface area contributed by atoms with Crippen LogP contribution < -0.4 is 5.32 Å². The highest BCUT2D eigenvalue weighted by Crippen LogP contribution is 2.41. The molecule has 74 heavy (non-hydrogen) atoms. The molecule has 0 spiro atoms. The summed E-state index contributed by atoms with van der Waals surface area (Å²) in [6, 6.07) is 49.4. The lowest BCUT2D eigenvalue weighted by atomic mass is 9.73. The quantitative estimate of drug-likeness (QED) is 0.0662. The normalized spacial score (nSPS) is 21.7. The maximum atomic E-state index is 14.1. The van der Waals surface area contributed by atoms with Gasteiger partial charge < -0.3 is 38.8 Å². The molecular weight excluding hydrogens is 943 g/mol. The molecule has 0 radical (unpaired) electrons. The predicted molar refractivity (Wildman–Crippen MR) is 276 cm³/mol. The van der Waals surface area contributed by atoms with Crippen LogP contribution in [0.1, 0.15) is 78.1 Å². The van der Waals surface area contributed by atoms with Crippen LogP contribution in [0, 0.1) is 18.8 Å². The summed E-state index contributed by atoms with van der Waals surface area (Å²) >= 11 is 0. The fraction of sp³-hybridized carbons (Fsp3) is 0.333. The Bertz CT molecular complexity index is 2840. The van der Waals surface area contributed by atoms with E-state index >= 15 is 0 Å². The fourth-order valence-electron chi connectivity index (χ4n) is 9.66. The number of carbonyl (C=O) groups is 1. The Morgan fingerprint density at radius 2 is 1.23 bits per heavy atom. The van der Waals surface area contributed by atoms with Gasteiger partial charge in [0.25, 0.3) is 6.43 Å². The number of anilines is 2. The summed E-state index contributed by atoms with van der Waals surface area (Å²) in [5.41, 5.74) is 5.14. The Morgan fingerprint density at radius 1 is 0.676 bits per heavy atom. The van der Waals surface area contributed by atoms with Crippen molar-refractivity contribution >= 4 is 17.6 Å². The molecule has 12 nitrogen and oxygen atoms in total. The first-order valence-corrected chi connectivity index (χ1v) is 25.2. The average molecular weight is 1010 g/mol. The van der Waals surface area contributed by atoms with Crippen molar-refractivity contribution in [1.29, 1.82) is 0 Å². The third kappa shape index (κ3) is 13.7. The first kappa shape index (κ1) is 52.1. The van der Waals surface area contributed by atoms with Gasteiger partial charge in [-0.05, 0) is 110 Å². The summed E-state index contributed by atoms with van der Waals surface area (Å²) in [5.74, 6) is -0.223. The molecule has 3 aromatic heterocycles. The van der Waals surface area contributed by atoms with Gasteiger partial charge in [0.15, 0.2) is 6.29 Å². The van der Waals surface area contributed by atoms with Gasteiger partial charge in [-0.15, -0.1) is 0 Å². The van der Waals surface area contributed by atoms with Gasteiger partial charge in [0.2, 0.25) is 0 Å². The standard InChI is InChI=1S/C60H62F2N4O8/c1-40-31-49(65-53(32-40)66-52-33-46(57(61)62)29-30-63-52)47-25-28-51(64-34-47)60(2,68)48-26-23-45(24-27-48)58(67)72-39-50-54(69-35-41-15-7-3-8-16-41)55(70-36-42-17-9-4-10-18-42)56(71-37-43-19-11-5-12-20-43)59(74-50)73-38-44-21-13-6-14-22-44/h3-22,25,28-34,45,48,50,54-57,59,68H,23-24,26-27,35-39H2,1-2H3,(H,63,65,66)/t45?,48?,50-,54-,55+,56-,59?,60-/m1/s1. The Morgan fingerprint density at radius 3 is 1.78 bits per heavy atom. The van der Waals surface area contributed by atoms with Crippen molar-refractivity contribution in [2.45, 2.75) is 109 Å². The number of alkyl halides is 2. The first-order valence-electron chi connectivity index (χ1n) is 25.2. The van der Waals surface area contributed by atoms with Gasteiger partial charge in [0.05, 0.1) is 43.7 Å². The number of benzene rings is 4. The van der Waals surface area contributed by atoms with E-state index in [2.05, 4.69) is 10.3 Å². The van der Waals surface area contributed by atoms with E-state index in [1.807, 2.05) is 140 Å². The highest BCUT2D eigenvalue weighted by molar-refractivity contribution is 5.72. The number of carbonyl (C=O) groups excluding carboxylic acids is 1. The Kier molecular flexibility index (Phi) is 17.6. The molecule has 4 aromatic carbocycles. The summed E-state index contributed by atoms with van der Waals surface area (Å²) in [4.78, 5) is 27.7. The summed E-state index contributed by atoms with van der Waals surface area (Å²) in [6.45, 7) is 4.57. The van der Waals surface area contributed by atoms with Crippen molar-refractivity contribution in [3.63, 3.8) is 0 Å². The molecule has 2 fully saturated rings. The highest BCUT2D eigenvalue weighted by atomic mass is 19.3. The van der Waals surface area contributed by atoms with Crippen molar-refractivity contribution in [1.82, 2.24) is 15.0 Å². The Balaban J connectivity index is 0.881. The van der Waals surface area contributed by atoms with Crippen LogP contribution in [-0.2, 0) is 65.2 Å². The maximum absolute atomic E-state index is 14.1. The topological polar surface area (TPSA) is 143 Å². The molecule has 0 amide bonds. The van der Waals surface area contributed by atoms with Crippen LogP contribution in [-0.4, -0.2) is 63.3 Å². The molecule has 0 bridgehead atoms. The molecule has 2 N–H and O–H groups in total. The van der Waals surface area contributed by atoms with Gasteiger partial charge in [0.1, 0.15) is 48.3 Å². The zero-order chi connectivity index (χ0) is 51.3. The lowest BCUT2D eigenvalue weighted by molar-refractivity contribution is -0.329. The molecule has 1 aliphatic heterocycles. The van der Waals surface area contributed by atoms with Crippen molar-refractivity contribution in [2.24, 2.45) is 11.8 Å². The third-order valence-corrected chi connectivity index (χ3v) is 13.8. The number of aromatic nitrogens is 3. The van der Waals surface area contributed by atoms with Crippen molar-refractivity contribution < 1.29 is 47.1 Å². The van der Waals surface area contributed by atoms with E-state index in [4.69, 9.17) is 38.4 Å². The number of rotatable bonds is 21. The summed E-state index contributed by atoms with van der Waals surface area (Å²) < 4.78 is 66.7. The van der Waals surface area contributed by atoms with Gasteiger partial charge >= 0.3 is 5.97 Å². The lowest BCUT2D eigenvalue weighted by Crippen LogP contribution is -2.62. The van der Waals surface area contributed by atoms with Crippen LogP contribution in [0.25, 0.3) is 11.3 Å². The molecule has 1 unspecified atom stereocenters. The lowest BCUT2D eigenvalue weighted by Gasteiger charge is -2.45. The van der Waals surface area contributed by atoms with E-state index in [0.29, 0.717) is 48.5 Å². The van der Waals surface area contributed by atoms with Crippen LogP contribution in [0.2, 0.25) is 0 Å². The van der Waals surface area contributed by atoms with Crippen molar-refractivity contribution in [2.75, 3.05) is 11.9 Å². The molecule has 384 valence electrons. The van der Waals surface area contributed by atoms with E-state index in [1.165, 1.54) is 18.3 Å². The average Bonchev–Trinajstić information content (AvgIpc) is 3.43. The zero-order valence-electron chi connectivity index (χ0n) is 41.6. The van der Waals surface area contributed by atoms with Gasteiger partial charge in [-0.1, -0.05) is 121 Å². The van der Waals surface area contributed by atoms with E-state index in [9.17, 15) is 18.7 Å². The second-order valence-electron chi connectivity index (χ2n) is 19.2. The monoisotopic (exact) mass is 1000 g/mol. The molecular formula is C60H62F2N4O8. The SMILES string of the molecule is Cc1cc(Nc2cc(C(F)F)ccn2)nc(-c2ccc([C@](C)(O)C3CCC(C(=O)OC[C@H]4OC(OCc5ccccc5)[C@H](OCc5ccccc5)[C@@H](OCc5ccccc5)[C@@H]4OCc4ccccc4)CC3)nc2)c1. The smallest absolute Gasteiger partial charge is 0.309 e. The molecule has 1 aliphatic carbocycles. The van der Waals surface area contributed by atoms with Crippen LogP contribution in [0.3, 0.4) is 0 Å². The minimum absolute atomic E-state index is 0.121. The Hall–Kier alpha value is -6.78. The van der Waals surface area contributed by atoms with Gasteiger partial charge in [-0.2, -0.15) is 0 Å². The van der Waals surface area contributed by atoms with Crippen molar-refractivity contribution in [3.05, 3.63) is 209 Å². The molecule has 4 heterocycles. The van der Waals surface area contributed by atoms with Crippen LogP contribution in [0.5, 0.6) is 0 Å². The van der Waals surface area contributed by atoms with Crippen molar-refractivity contribution in [3.8, 4) is 11.3 Å².